The van der Waals surface area contributed by atoms with Gasteiger partial charge in [-0.15, -0.1) is 0 Å². The van der Waals surface area contributed by atoms with Crippen LogP contribution in [0.25, 0.3) is 11.0 Å². The van der Waals surface area contributed by atoms with Gasteiger partial charge in [0, 0.05) is 34.6 Å². The number of carbonyl (C=O) groups excluding carboxylic acids is 1. The van der Waals surface area contributed by atoms with E-state index >= 15 is 0 Å². The van der Waals surface area contributed by atoms with Crippen LogP contribution in [-0.4, -0.2) is 29.6 Å². The number of rotatable bonds is 6. The second kappa shape index (κ2) is 6.33. The lowest BCUT2D eigenvalue weighted by Gasteiger charge is -2.25. The van der Waals surface area contributed by atoms with Crippen molar-refractivity contribution in [2.45, 2.75) is 51.2 Å². The number of hydrogen-bond acceptors (Lipinski definition) is 3. The minimum Gasteiger partial charge on any atom is -0.361 e. The van der Waals surface area contributed by atoms with Crippen LogP contribution in [0.1, 0.15) is 24.3 Å². The molecule has 1 saturated carbocycles. The highest BCUT2D eigenvalue weighted by molar-refractivity contribution is 6.76. The lowest BCUT2D eigenvalue weighted by Crippen LogP contribution is -2.25. The molecule has 130 valence electrons. The summed E-state index contributed by atoms with van der Waals surface area (Å²) >= 11 is 0. The largest absolute Gasteiger partial charge is 0.361 e. The molecular formula is C18H26N2O3Si. The third kappa shape index (κ3) is 3.25. The van der Waals surface area contributed by atoms with Crippen molar-refractivity contribution in [3.63, 3.8) is 0 Å². The fourth-order valence-electron chi connectivity index (χ4n) is 3.21. The van der Waals surface area contributed by atoms with Crippen molar-refractivity contribution in [1.29, 1.82) is 0 Å². The van der Waals surface area contributed by atoms with Crippen LogP contribution in [0.5, 0.6) is 0 Å². The highest BCUT2D eigenvalue weighted by Crippen LogP contribution is 2.37. The highest BCUT2D eigenvalue weighted by atomic mass is 28.3. The minimum atomic E-state index is -1.13. The van der Waals surface area contributed by atoms with Gasteiger partial charge in [0.25, 0.3) is 0 Å². The number of imidazole rings is 1. The van der Waals surface area contributed by atoms with Crippen LogP contribution in [-0.2, 0) is 23.3 Å². The van der Waals surface area contributed by atoms with Gasteiger partial charge in [0.05, 0.1) is 11.0 Å². The Labute approximate surface area is 143 Å². The van der Waals surface area contributed by atoms with Gasteiger partial charge in [-0.05, 0) is 23.6 Å². The van der Waals surface area contributed by atoms with E-state index in [0.29, 0.717) is 25.2 Å². The van der Waals surface area contributed by atoms with Gasteiger partial charge in [-0.25, -0.2) is 4.79 Å². The molecule has 0 spiro atoms. The summed E-state index contributed by atoms with van der Waals surface area (Å²) in [5, 5.41) is 0. The van der Waals surface area contributed by atoms with Gasteiger partial charge in [0.1, 0.15) is 12.5 Å². The first kappa shape index (κ1) is 17.2. The van der Waals surface area contributed by atoms with Crippen LogP contribution in [0, 0.1) is 0 Å². The summed E-state index contributed by atoms with van der Waals surface area (Å²) in [6, 6.07) is 7.05. The molecule has 0 N–H and O–H groups in total. The Kier molecular flexibility index (Phi) is 4.53. The Hall–Kier alpha value is -1.66. The molecule has 1 aliphatic rings. The number of ether oxygens (including phenoxy) is 1. The maximum absolute atomic E-state index is 12.6. The van der Waals surface area contributed by atoms with Gasteiger partial charge in [0.2, 0.25) is 0 Å². The SMILES string of the molecule is Cn1c(=O)n(COCC[Si](C)(C)C)c2cccc(C3CC(=O)C3)c21. The summed E-state index contributed by atoms with van der Waals surface area (Å²) in [6.07, 6.45) is 1.18. The molecule has 3 rings (SSSR count). The van der Waals surface area contributed by atoms with E-state index in [0.717, 1.165) is 22.6 Å². The minimum absolute atomic E-state index is 0.0592. The van der Waals surface area contributed by atoms with Gasteiger partial charge in [-0.3, -0.25) is 13.9 Å². The summed E-state index contributed by atoms with van der Waals surface area (Å²) in [4.78, 5) is 24.0. The van der Waals surface area contributed by atoms with Crippen LogP contribution in [0.15, 0.2) is 23.0 Å². The van der Waals surface area contributed by atoms with Gasteiger partial charge in [-0.1, -0.05) is 31.8 Å². The molecule has 0 unspecified atom stereocenters. The summed E-state index contributed by atoms with van der Waals surface area (Å²) < 4.78 is 9.17. The second-order valence-electron chi connectivity index (χ2n) is 7.98. The van der Waals surface area contributed by atoms with E-state index in [-0.39, 0.29) is 18.3 Å². The first-order valence-electron chi connectivity index (χ1n) is 8.55. The molecule has 0 aliphatic heterocycles. The predicted molar refractivity (Wildman–Crippen MR) is 98.3 cm³/mol. The summed E-state index contributed by atoms with van der Waals surface area (Å²) in [5.74, 6) is 0.548. The van der Waals surface area contributed by atoms with Crippen molar-refractivity contribution in [2.24, 2.45) is 7.05 Å². The van der Waals surface area contributed by atoms with Crippen LogP contribution in [0.2, 0.25) is 25.7 Å². The quantitative estimate of drug-likeness (QED) is 0.596. The maximum atomic E-state index is 12.6. The number of nitrogens with zero attached hydrogens (tertiary/aromatic N) is 2. The molecule has 5 nitrogen and oxygen atoms in total. The molecule has 6 heteroatoms. The molecule has 2 aromatic rings. The molecule has 0 saturated heterocycles. The van der Waals surface area contributed by atoms with E-state index in [1.54, 1.807) is 16.2 Å². The normalized spacial score (nSPS) is 15.9. The standard InChI is InChI=1S/C18H26N2O3Si/c1-19-17-15(13-10-14(21)11-13)6-5-7-16(17)20(18(19)22)12-23-8-9-24(2,3)4/h5-7,13H,8-12H2,1-4H3. The number of benzene rings is 1. The predicted octanol–water partition coefficient (Wildman–Crippen LogP) is 3.10. The van der Waals surface area contributed by atoms with Crippen molar-refractivity contribution in [3.8, 4) is 0 Å². The molecule has 0 atom stereocenters. The van der Waals surface area contributed by atoms with Crippen LogP contribution in [0.3, 0.4) is 0 Å². The third-order valence-electron chi connectivity index (χ3n) is 4.79. The first-order chi connectivity index (χ1) is 11.3. The van der Waals surface area contributed by atoms with Crippen molar-refractivity contribution in [2.75, 3.05) is 6.61 Å². The summed E-state index contributed by atoms with van der Waals surface area (Å²) in [5.41, 5.74) is 2.88. The van der Waals surface area contributed by atoms with E-state index in [1.165, 1.54) is 0 Å². The molecule has 1 fully saturated rings. The highest BCUT2D eigenvalue weighted by Gasteiger charge is 2.30. The number of fused-ring (bicyclic) bond motifs is 1. The fourth-order valence-corrected chi connectivity index (χ4v) is 3.97. The van der Waals surface area contributed by atoms with E-state index in [4.69, 9.17) is 4.74 Å². The average molecular weight is 347 g/mol. The Morgan fingerprint density at radius 2 is 1.92 bits per heavy atom. The number of aryl methyl sites for hydroxylation is 1. The zero-order valence-corrected chi connectivity index (χ0v) is 16.0. The monoisotopic (exact) mass is 346 g/mol. The van der Waals surface area contributed by atoms with Crippen LogP contribution in [0.4, 0.5) is 0 Å². The smallest absolute Gasteiger partial charge is 0.330 e. The summed E-state index contributed by atoms with van der Waals surface area (Å²) in [7, 11) is 0.664. The average Bonchev–Trinajstić information content (AvgIpc) is 2.72. The topological polar surface area (TPSA) is 53.2 Å². The fraction of sp³-hybridized carbons (Fsp3) is 0.556. The molecule has 24 heavy (non-hydrogen) atoms. The molecule has 1 aromatic carbocycles. The molecule has 1 aliphatic carbocycles. The number of ketones is 1. The van der Waals surface area contributed by atoms with Crippen molar-refractivity contribution in [3.05, 3.63) is 34.2 Å². The zero-order valence-electron chi connectivity index (χ0n) is 15.0. The van der Waals surface area contributed by atoms with Crippen LogP contribution < -0.4 is 5.69 Å². The lowest BCUT2D eigenvalue weighted by molar-refractivity contribution is -0.124. The van der Waals surface area contributed by atoms with Crippen LogP contribution >= 0.6 is 0 Å². The number of aromatic nitrogens is 2. The Morgan fingerprint density at radius 3 is 2.54 bits per heavy atom. The molecular weight excluding hydrogens is 320 g/mol. The molecule has 1 heterocycles. The van der Waals surface area contributed by atoms with Crippen molar-refractivity contribution >= 4 is 24.9 Å². The lowest BCUT2D eigenvalue weighted by atomic mass is 9.78. The Balaban J connectivity index is 1.87. The van der Waals surface area contributed by atoms with E-state index in [9.17, 15) is 9.59 Å². The van der Waals surface area contributed by atoms with Gasteiger partial charge >= 0.3 is 5.69 Å². The zero-order chi connectivity index (χ0) is 17.5. The molecule has 0 bridgehead atoms. The summed E-state index contributed by atoms with van der Waals surface area (Å²) in [6.45, 7) is 7.91. The maximum Gasteiger partial charge on any atom is 0.330 e. The van der Waals surface area contributed by atoms with E-state index in [1.807, 2.05) is 18.2 Å². The molecule has 1 aromatic heterocycles. The second-order valence-corrected chi connectivity index (χ2v) is 13.6. The Morgan fingerprint density at radius 1 is 1.21 bits per heavy atom. The number of carbonyl (C=O) groups is 1. The number of hydrogen-bond donors (Lipinski definition) is 0. The van der Waals surface area contributed by atoms with Gasteiger partial charge < -0.3 is 4.74 Å². The van der Waals surface area contributed by atoms with E-state index < -0.39 is 8.07 Å². The van der Waals surface area contributed by atoms with Crippen molar-refractivity contribution in [1.82, 2.24) is 9.13 Å². The molecule has 0 radical (unpaired) electrons. The first-order valence-corrected chi connectivity index (χ1v) is 12.3. The third-order valence-corrected chi connectivity index (χ3v) is 6.50. The Bertz CT molecular complexity index is 821. The number of para-hydroxylation sites is 1. The molecule has 0 amide bonds. The number of Topliss-reactive ketones (excluding diaryl/α,β-unsaturated/α-hetero) is 1. The van der Waals surface area contributed by atoms with Gasteiger partial charge in [-0.2, -0.15) is 0 Å². The van der Waals surface area contributed by atoms with Crippen molar-refractivity contribution < 1.29 is 9.53 Å². The van der Waals surface area contributed by atoms with E-state index in [2.05, 4.69) is 19.6 Å². The van der Waals surface area contributed by atoms with Gasteiger partial charge in [0.15, 0.2) is 0 Å².